The van der Waals surface area contributed by atoms with Gasteiger partial charge in [-0.25, -0.2) is 4.39 Å². The minimum absolute atomic E-state index is 0.255. The average molecular weight is 198 g/mol. The van der Waals surface area contributed by atoms with Gasteiger partial charge >= 0.3 is 0 Å². The number of aliphatic hydroxyl groups excluding tert-OH is 1. The largest absolute Gasteiger partial charge is 0.490 e. The van der Waals surface area contributed by atoms with Crippen LogP contribution in [0.2, 0.25) is 0 Å². The molecule has 0 aromatic heterocycles. The first-order valence-corrected chi connectivity index (χ1v) is 4.66. The van der Waals surface area contributed by atoms with Crippen LogP contribution in [0.25, 0.3) is 0 Å². The lowest BCUT2D eigenvalue weighted by Crippen LogP contribution is -2.08. The van der Waals surface area contributed by atoms with Crippen molar-refractivity contribution in [2.75, 3.05) is 6.61 Å². The number of benzene rings is 1. The van der Waals surface area contributed by atoms with Crippen LogP contribution in [0, 0.1) is 12.7 Å². The third-order valence-corrected chi connectivity index (χ3v) is 1.88. The van der Waals surface area contributed by atoms with E-state index in [0.29, 0.717) is 13.0 Å². The third-order valence-electron chi connectivity index (χ3n) is 1.88. The molecule has 0 amide bonds. The van der Waals surface area contributed by atoms with Crippen molar-refractivity contribution >= 4 is 0 Å². The van der Waals surface area contributed by atoms with E-state index in [2.05, 4.69) is 0 Å². The highest BCUT2D eigenvalue weighted by molar-refractivity contribution is 5.29. The van der Waals surface area contributed by atoms with E-state index in [9.17, 15) is 4.39 Å². The average Bonchev–Trinajstić information content (AvgIpc) is 2.10. The van der Waals surface area contributed by atoms with Gasteiger partial charge in [-0.2, -0.15) is 0 Å². The van der Waals surface area contributed by atoms with E-state index in [0.717, 1.165) is 5.56 Å². The molecular formula is C11H15FO2. The first kappa shape index (κ1) is 11.0. The van der Waals surface area contributed by atoms with Gasteiger partial charge in [0.25, 0.3) is 0 Å². The number of hydrogen-bond donors (Lipinski definition) is 1. The molecule has 3 heteroatoms. The molecule has 0 radical (unpaired) electrons. The molecule has 0 heterocycles. The Bertz CT molecular complexity index is 297. The number of ether oxygens (including phenoxy) is 1. The van der Waals surface area contributed by atoms with Gasteiger partial charge in [0.2, 0.25) is 0 Å². The van der Waals surface area contributed by atoms with E-state index in [-0.39, 0.29) is 11.6 Å². The Hall–Kier alpha value is -1.09. The molecule has 1 atom stereocenters. The van der Waals surface area contributed by atoms with Crippen LogP contribution in [-0.2, 0) is 0 Å². The van der Waals surface area contributed by atoms with Gasteiger partial charge in [-0.3, -0.25) is 0 Å². The minimum Gasteiger partial charge on any atom is -0.490 e. The van der Waals surface area contributed by atoms with Crippen LogP contribution < -0.4 is 4.74 Å². The van der Waals surface area contributed by atoms with Gasteiger partial charge in [-0.1, -0.05) is 6.07 Å². The van der Waals surface area contributed by atoms with Crippen molar-refractivity contribution in [2.24, 2.45) is 0 Å². The molecule has 78 valence electrons. The first-order valence-electron chi connectivity index (χ1n) is 4.66. The molecule has 0 saturated heterocycles. The molecule has 1 unspecified atom stereocenters. The van der Waals surface area contributed by atoms with Crippen LogP contribution in [-0.4, -0.2) is 17.8 Å². The van der Waals surface area contributed by atoms with Crippen molar-refractivity contribution in [3.63, 3.8) is 0 Å². The van der Waals surface area contributed by atoms with E-state index in [4.69, 9.17) is 9.84 Å². The van der Waals surface area contributed by atoms with Gasteiger partial charge in [-0.15, -0.1) is 0 Å². The van der Waals surface area contributed by atoms with E-state index in [1.54, 1.807) is 19.1 Å². The fourth-order valence-electron chi connectivity index (χ4n) is 1.06. The van der Waals surface area contributed by atoms with Gasteiger partial charge in [0.1, 0.15) is 0 Å². The molecule has 1 aromatic carbocycles. The Morgan fingerprint density at radius 2 is 2.21 bits per heavy atom. The Labute approximate surface area is 83.3 Å². The smallest absolute Gasteiger partial charge is 0.165 e. The summed E-state index contributed by atoms with van der Waals surface area (Å²) in [5.74, 6) is -0.105. The zero-order chi connectivity index (χ0) is 10.6. The molecule has 0 aliphatic carbocycles. The number of aryl methyl sites for hydroxylation is 1. The van der Waals surface area contributed by atoms with E-state index in [1.807, 2.05) is 6.92 Å². The second kappa shape index (κ2) is 4.96. The van der Waals surface area contributed by atoms with Gasteiger partial charge in [-0.05, 0) is 31.5 Å². The summed E-state index contributed by atoms with van der Waals surface area (Å²) >= 11 is 0. The number of halogens is 1. The molecule has 0 fully saturated rings. The number of aliphatic hydroxyl groups is 1. The maximum Gasteiger partial charge on any atom is 0.165 e. The third kappa shape index (κ3) is 3.34. The summed E-state index contributed by atoms with van der Waals surface area (Å²) in [7, 11) is 0. The lowest BCUT2D eigenvalue weighted by Gasteiger charge is -2.08. The maximum atomic E-state index is 13.1. The summed E-state index contributed by atoms with van der Waals surface area (Å²) in [4.78, 5) is 0. The molecule has 1 N–H and O–H groups in total. The maximum absolute atomic E-state index is 13.1. The van der Waals surface area contributed by atoms with Gasteiger partial charge in [0, 0.05) is 6.42 Å². The SMILES string of the molecule is Cc1ccc(F)c(OCCC(C)O)c1. The summed E-state index contributed by atoms with van der Waals surface area (Å²) in [5, 5.41) is 8.98. The van der Waals surface area contributed by atoms with Crippen LogP contribution in [0.4, 0.5) is 4.39 Å². The van der Waals surface area contributed by atoms with Crippen molar-refractivity contribution in [1.82, 2.24) is 0 Å². The van der Waals surface area contributed by atoms with Crippen LogP contribution in [0.1, 0.15) is 18.9 Å². The molecule has 0 aliphatic rings. The standard InChI is InChI=1S/C11H15FO2/c1-8-3-4-10(12)11(7-8)14-6-5-9(2)13/h3-4,7,9,13H,5-6H2,1-2H3. The summed E-state index contributed by atoms with van der Waals surface area (Å²) in [6, 6.07) is 4.72. The van der Waals surface area contributed by atoms with Crippen LogP contribution >= 0.6 is 0 Å². The number of hydrogen-bond acceptors (Lipinski definition) is 2. The molecular weight excluding hydrogens is 183 g/mol. The second-order valence-corrected chi connectivity index (χ2v) is 3.42. The summed E-state index contributed by atoms with van der Waals surface area (Å²) in [6.45, 7) is 3.88. The van der Waals surface area contributed by atoms with Crippen LogP contribution in [0.5, 0.6) is 5.75 Å². The molecule has 14 heavy (non-hydrogen) atoms. The van der Waals surface area contributed by atoms with Gasteiger partial charge < -0.3 is 9.84 Å². The molecule has 0 bridgehead atoms. The Morgan fingerprint density at radius 3 is 2.86 bits per heavy atom. The van der Waals surface area contributed by atoms with Gasteiger partial charge in [0.05, 0.1) is 12.7 Å². The molecule has 2 nitrogen and oxygen atoms in total. The second-order valence-electron chi connectivity index (χ2n) is 3.42. The highest BCUT2D eigenvalue weighted by Gasteiger charge is 2.03. The van der Waals surface area contributed by atoms with Crippen LogP contribution in [0.3, 0.4) is 0 Å². The highest BCUT2D eigenvalue weighted by atomic mass is 19.1. The Kier molecular flexibility index (Phi) is 3.89. The van der Waals surface area contributed by atoms with Crippen LogP contribution in [0.15, 0.2) is 18.2 Å². The normalized spacial score (nSPS) is 12.6. The van der Waals surface area contributed by atoms with Crippen molar-refractivity contribution < 1.29 is 14.2 Å². The van der Waals surface area contributed by atoms with E-state index in [1.165, 1.54) is 6.07 Å². The monoisotopic (exact) mass is 198 g/mol. The quantitative estimate of drug-likeness (QED) is 0.804. The molecule has 1 rings (SSSR count). The Balaban J connectivity index is 2.53. The zero-order valence-electron chi connectivity index (χ0n) is 8.46. The Morgan fingerprint density at radius 1 is 1.50 bits per heavy atom. The molecule has 0 aliphatic heterocycles. The molecule has 0 spiro atoms. The first-order chi connectivity index (χ1) is 6.59. The molecule has 1 aromatic rings. The zero-order valence-corrected chi connectivity index (χ0v) is 8.46. The van der Waals surface area contributed by atoms with Gasteiger partial charge in [0.15, 0.2) is 11.6 Å². The van der Waals surface area contributed by atoms with E-state index >= 15 is 0 Å². The van der Waals surface area contributed by atoms with Crippen molar-refractivity contribution in [2.45, 2.75) is 26.4 Å². The predicted molar refractivity (Wildman–Crippen MR) is 52.9 cm³/mol. The minimum atomic E-state index is -0.414. The number of rotatable bonds is 4. The lowest BCUT2D eigenvalue weighted by molar-refractivity contribution is 0.154. The topological polar surface area (TPSA) is 29.5 Å². The highest BCUT2D eigenvalue weighted by Crippen LogP contribution is 2.18. The molecule has 0 saturated carbocycles. The van der Waals surface area contributed by atoms with E-state index < -0.39 is 6.10 Å². The summed E-state index contributed by atoms with van der Waals surface area (Å²) in [5.41, 5.74) is 0.957. The fraction of sp³-hybridized carbons (Fsp3) is 0.455. The lowest BCUT2D eigenvalue weighted by atomic mass is 10.2. The van der Waals surface area contributed by atoms with Crippen molar-refractivity contribution in [1.29, 1.82) is 0 Å². The summed E-state index contributed by atoms with van der Waals surface area (Å²) < 4.78 is 18.3. The predicted octanol–water partition coefficient (Wildman–Crippen LogP) is 2.28. The van der Waals surface area contributed by atoms with Crippen molar-refractivity contribution in [3.05, 3.63) is 29.6 Å². The fourth-order valence-corrected chi connectivity index (χ4v) is 1.06. The van der Waals surface area contributed by atoms with Crippen molar-refractivity contribution in [3.8, 4) is 5.75 Å². The summed E-state index contributed by atoms with van der Waals surface area (Å²) in [6.07, 6.45) is 0.0933.